The zero-order chi connectivity index (χ0) is 10.3. The number of nitrogens with one attached hydrogen (secondary N) is 1. The van der Waals surface area contributed by atoms with Crippen LogP contribution in [0.2, 0.25) is 0 Å². The SMILES string of the molecule is CCCN/C(C)=C\C(=O)OC(C)C. The molecule has 0 aromatic rings. The maximum Gasteiger partial charge on any atom is 0.332 e. The summed E-state index contributed by atoms with van der Waals surface area (Å²) in [6.07, 6.45) is 2.47. The van der Waals surface area contributed by atoms with Crippen molar-refractivity contribution in [3.8, 4) is 0 Å². The van der Waals surface area contributed by atoms with Crippen LogP contribution in [0.15, 0.2) is 11.8 Å². The van der Waals surface area contributed by atoms with Crippen molar-refractivity contribution >= 4 is 5.97 Å². The van der Waals surface area contributed by atoms with Gasteiger partial charge in [-0.25, -0.2) is 4.79 Å². The van der Waals surface area contributed by atoms with Crippen molar-refractivity contribution < 1.29 is 9.53 Å². The highest BCUT2D eigenvalue weighted by atomic mass is 16.5. The lowest BCUT2D eigenvalue weighted by Gasteiger charge is -2.07. The lowest BCUT2D eigenvalue weighted by atomic mass is 10.4. The minimum atomic E-state index is -0.281. The number of hydrogen-bond donors (Lipinski definition) is 1. The van der Waals surface area contributed by atoms with E-state index in [0.29, 0.717) is 0 Å². The molecule has 0 aliphatic rings. The van der Waals surface area contributed by atoms with Crippen LogP contribution in [0.4, 0.5) is 0 Å². The zero-order valence-corrected chi connectivity index (χ0v) is 8.89. The molecule has 0 saturated heterocycles. The number of ether oxygens (including phenoxy) is 1. The van der Waals surface area contributed by atoms with E-state index in [1.54, 1.807) is 0 Å². The van der Waals surface area contributed by atoms with Crippen molar-refractivity contribution in [2.24, 2.45) is 0 Å². The van der Waals surface area contributed by atoms with E-state index in [4.69, 9.17) is 4.74 Å². The van der Waals surface area contributed by atoms with Gasteiger partial charge in [-0.1, -0.05) is 6.92 Å². The van der Waals surface area contributed by atoms with Crippen LogP contribution in [0, 0.1) is 0 Å². The third kappa shape index (κ3) is 7.37. The summed E-state index contributed by atoms with van der Waals surface area (Å²) in [7, 11) is 0. The summed E-state index contributed by atoms with van der Waals surface area (Å²) < 4.78 is 4.95. The van der Waals surface area contributed by atoms with Gasteiger partial charge in [-0.3, -0.25) is 0 Å². The second-order valence-corrected chi connectivity index (χ2v) is 3.24. The Labute approximate surface area is 80.2 Å². The van der Waals surface area contributed by atoms with Crippen LogP contribution in [-0.4, -0.2) is 18.6 Å². The van der Waals surface area contributed by atoms with Crippen molar-refractivity contribution in [3.63, 3.8) is 0 Å². The first-order valence-electron chi connectivity index (χ1n) is 4.69. The minimum Gasteiger partial charge on any atom is -0.460 e. The summed E-state index contributed by atoms with van der Waals surface area (Å²) in [5.74, 6) is -0.281. The largest absolute Gasteiger partial charge is 0.460 e. The van der Waals surface area contributed by atoms with Gasteiger partial charge >= 0.3 is 5.97 Å². The van der Waals surface area contributed by atoms with E-state index >= 15 is 0 Å². The Hall–Kier alpha value is -0.990. The first kappa shape index (κ1) is 12.0. The number of rotatable bonds is 5. The highest BCUT2D eigenvalue weighted by Gasteiger charge is 2.01. The predicted octanol–water partition coefficient (Wildman–Crippen LogP) is 1.84. The highest BCUT2D eigenvalue weighted by molar-refractivity contribution is 5.82. The molecule has 76 valence electrons. The summed E-state index contributed by atoms with van der Waals surface area (Å²) in [4.78, 5) is 11.1. The fourth-order valence-electron chi connectivity index (χ4n) is 0.816. The molecule has 13 heavy (non-hydrogen) atoms. The topological polar surface area (TPSA) is 38.3 Å². The van der Waals surface area contributed by atoms with Crippen molar-refractivity contribution in [2.45, 2.75) is 40.2 Å². The quantitative estimate of drug-likeness (QED) is 0.524. The molecule has 3 heteroatoms. The second kappa shape index (κ2) is 6.52. The molecule has 0 bridgehead atoms. The summed E-state index contributed by atoms with van der Waals surface area (Å²) in [6.45, 7) is 8.49. The van der Waals surface area contributed by atoms with Crippen LogP contribution in [0.1, 0.15) is 34.1 Å². The Balaban J connectivity index is 3.84. The van der Waals surface area contributed by atoms with E-state index in [-0.39, 0.29) is 12.1 Å². The molecule has 0 spiro atoms. The Bertz CT molecular complexity index is 185. The third-order valence-corrected chi connectivity index (χ3v) is 1.34. The molecule has 0 aromatic carbocycles. The molecule has 0 rings (SSSR count). The van der Waals surface area contributed by atoms with Gasteiger partial charge in [0, 0.05) is 18.3 Å². The lowest BCUT2D eigenvalue weighted by molar-refractivity contribution is -0.141. The van der Waals surface area contributed by atoms with Crippen LogP contribution in [0.5, 0.6) is 0 Å². The predicted molar refractivity (Wildman–Crippen MR) is 53.3 cm³/mol. The molecule has 0 heterocycles. The normalized spacial score (nSPS) is 11.6. The Kier molecular flexibility index (Phi) is 6.02. The molecular weight excluding hydrogens is 166 g/mol. The van der Waals surface area contributed by atoms with Gasteiger partial charge in [-0.05, 0) is 27.2 Å². The average molecular weight is 185 g/mol. The monoisotopic (exact) mass is 185 g/mol. The molecule has 3 nitrogen and oxygen atoms in total. The number of hydrogen-bond acceptors (Lipinski definition) is 3. The average Bonchev–Trinajstić information content (AvgIpc) is 1.98. The maximum absolute atomic E-state index is 11.1. The zero-order valence-electron chi connectivity index (χ0n) is 8.89. The standard InChI is InChI=1S/C10H19NO2/c1-5-6-11-9(4)7-10(12)13-8(2)3/h7-8,11H,5-6H2,1-4H3/b9-7-. The molecule has 0 aliphatic heterocycles. The minimum absolute atomic E-state index is 0.0530. The van der Waals surface area contributed by atoms with Gasteiger partial charge in [-0.2, -0.15) is 0 Å². The lowest BCUT2D eigenvalue weighted by Crippen LogP contribution is -2.15. The second-order valence-electron chi connectivity index (χ2n) is 3.24. The molecule has 0 aliphatic carbocycles. The van der Waals surface area contributed by atoms with Gasteiger partial charge in [0.15, 0.2) is 0 Å². The molecule has 0 radical (unpaired) electrons. The Morgan fingerprint density at radius 1 is 1.54 bits per heavy atom. The van der Waals surface area contributed by atoms with Gasteiger partial charge < -0.3 is 10.1 Å². The van der Waals surface area contributed by atoms with E-state index in [9.17, 15) is 4.79 Å². The molecule has 0 amide bonds. The van der Waals surface area contributed by atoms with Gasteiger partial charge in [0.2, 0.25) is 0 Å². The number of allylic oxidation sites excluding steroid dienone is 1. The number of carbonyl (C=O) groups is 1. The third-order valence-electron chi connectivity index (χ3n) is 1.34. The summed E-state index contributed by atoms with van der Waals surface area (Å²) in [5.41, 5.74) is 0.854. The Morgan fingerprint density at radius 3 is 2.62 bits per heavy atom. The first-order valence-corrected chi connectivity index (χ1v) is 4.69. The fraction of sp³-hybridized carbons (Fsp3) is 0.700. The van der Waals surface area contributed by atoms with Crippen LogP contribution >= 0.6 is 0 Å². The molecule has 0 saturated carbocycles. The van der Waals surface area contributed by atoms with Crippen LogP contribution < -0.4 is 5.32 Å². The van der Waals surface area contributed by atoms with E-state index < -0.39 is 0 Å². The molecule has 0 aromatic heterocycles. The maximum atomic E-state index is 11.1. The Morgan fingerprint density at radius 2 is 2.15 bits per heavy atom. The molecule has 0 atom stereocenters. The van der Waals surface area contributed by atoms with E-state index in [2.05, 4.69) is 12.2 Å². The first-order chi connectivity index (χ1) is 6.06. The van der Waals surface area contributed by atoms with Crippen molar-refractivity contribution in [3.05, 3.63) is 11.8 Å². The molecule has 0 unspecified atom stereocenters. The highest BCUT2D eigenvalue weighted by Crippen LogP contribution is 1.93. The van der Waals surface area contributed by atoms with Gasteiger partial charge in [0.05, 0.1) is 6.10 Å². The summed E-state index contributed by atoms with van der Waals surface area (Å²) in [6, 6.07) is 0. The van der Waals surface area contributed by atoms with Crippen LogP contribution in [-0.2, 0) is 9.53 Å². The summed E-state index contributed by atoms with van der Waals surface area (Å²) >= 11 is 0. The van der Waals surface area contributed by atoms with Crippen LogP contribution in [0.25, 0.3) is 0 Å². The number of carbonyl (C=O) groups excluding carboxylic acids is 1. The van der Waals surface area contributed by atoms with Gasteiger partial charge in [0.25, 0.3) is 0 Å². The van der Waals surface area contributed by atoms with Crippen molar-refractivity contribution in [2.75, 3.05) is 6.54 Å². The van der Waals surface area contributed by atoms with Crippen molar-refractivity contribution in [1.29, 1.82) is 0 Å². The van der Waals surface area contributed by atoms with E-state index in [0.717, 1.165) is 18.7 Å². The van der Waals surface area contributed by atoms with E-state index in [1.165, 1.54) is 6.08 Å². The molecule has 1 N–H and O–H groups in total. The van der Waals surface area contributed by atoms with Crippen molar-refractivity contribution in [1.82, 2.24) is 5.32 Å². The number of esters is 1. The van der Waals surface area contributed by atoms with Gasteiger partial charge in [0.1, 0.15) is 0 Å². The summed E-state index contributed by atoms with van der Waals surface area (Å²) in [5, 5.41) is 3.10. The van der Waals surface area contributed by atoms with Gasteiger partial charge in [-0.15, -0.1) is 0 Å². The fourth-order valence-corrected chi connectivity index (χ4v) is 0.816. The van der Waals surface area contributed by atoms with Crippen LogP contribution in [0.3, 0.4) is 0 Å². The van der Waals surface area contributed by atoms with E-state index in [1.807, 2.05) is 20.8 Å². The molecular formula is C10H19NO2. The molecule has 0 fully saturated rings. The smallest absolute Gasteiger partial charge is 0.332 e.